The van der Waals surface area contributed by atoms with E-state index in [0.29, 0.717) is 18.5 Å². The van der Waals surface area contributed by atoms with Crippen molar-refractivity contribution in [1.29, 1.82) is 0 Å². The molecule has 0 fully saturated rings. The Labute approximate surface area is 77.2 Å². The molecule has 0 radical (unpaired) electrons. The number of aliphatic hydroxyl groups is 1. The van der Waals surface area contributed by atoms with Crippen LogP contribution in [0.5, 0.6) is 0 Å². The highest BCUT2D eigenvalue weighted by molar-refractivity contribution is 5.25. The number of nitrogens with two attached hydrogens (primary N) is 1. The molecule has 1 rings (SSSR count). The predicted molar refractivity (Wildman–Crippen MR) is 49.8 cm³/mol. The monoisotopic (exact) mass is 183 g/mol. The van der Waals surface area contributed by atoms with Gasteiger partial charge in [0.05, 0.1) is 6.10 Å². The summed E-state index contributed by atoms with van der Waals surface area (Å²) in [6, 6.07) is 4.69. The Morgan fingerprint density at radius 3 is 2.85 bits per heavy atom. The summed E-state index contributed by atoms with van der Waals surface area (Å²) in [7, 11) is 0. The minimum atomic E-state index is -0.787. The summed E-state index contributed by atoms with van der Waals surface area (Å²) in [6.07, 6.45) is -0.398. The summed E-state index contributed by atoms with van der Waals surface area (Å²) in [5, 5.41) is 9.51. The summed E-state index contributed by atoms with van der Waals surface area (Å²) < 4.78 is 13.1. The van der Waals surface area contributed by atoms with Crippen LogP contribution in [0.1, 0.15) is 23.7 Å². The summed E-state index contributed by atoms with van der Waals surface area (Å²) >= 11 is 0. The summed E-state index contributed by atoms with van der Waals surface area (Å²) in [5.41, 5.74) is 6.55. The number of benzene rings is 1. The van der Waals surface area contributed by atoms with Crippen molar-refractivity contribution in [3.05, 3.63) is 35.1 Å². The molecule has 3 N–H and O–H groups in total. The molecular formula is C10H14FNO. The molecule has 0 aliphatic heterocycles. The maximum Gasteiger partial charge on any atom is 0.129 e. The van der Waals surface area contributed by atoms with Crippen LogP contribution < -0.4 is 5.73 Å². The van der Waals surface area contributed by atoms with Crippen LogP contribution in [0.15, 0.2) is 18.2 Å². The molecular weight excluding hydrogens is 169 g/mol. The van der Waals surface area contributed by atoms with Crippen molar-refractivity contribution < 1.29 is 9.50 Å². The third-order valence-electron chi connectivity index (χ3n) is 1.95. The summed E-state index contributed by atoms with van der Waals surface area (Å²) in [4.78, 5) is 0. The maximum atomic E-state index is 13.1. The Hall–Kier alpha value is -0.930. The first kappa shape index (κ1) is 10.2. The fourth-order valence-corrected chi connectivity index (χ4v) is 1.23. The van der Waals surface area contributed by atoms with Gasteiger partial charge in [-0.2, -0.15) is 0 Å². The zero-order valence-electron chi connectivity index (χ0n) is 7.63. The van der Waals surface area contributed by atoms with Crippen molar-refractivity contribution in [2.45, 2.75) is 19.4 Å². The lowest BCUT2D eigenvalue weighted by atomic mass is 10.0. The first-order chi connectivity index (χ1) is 6.15. The molecule has 1 atom stereocenters. The van der Waals surface area contributed by atoms with E-state index in [4.69, 9.17) is 5.73 Å². The van der Waals surface area contributed by atoms with Gasteiger partial charge in [0.1, 0.15) is 5.82 Å². The van der Waals surface area contributed by atoms with E-state index in [9.17, 15) is 9.50 Å². The topological polar surface area (TPSA) is 46.2 Å². The molecule has 0 heterocycles. The number of hydrogen-bond acceptors (Lipinski definition) is 2. The van der Waals surface area contributed by atoms with Crippen LogP contribution in [0.4, 0.5) is 4.39 Å². The Morgan fingerprint density at radius 1 is 1.54 bits per heavy atom. The van der Waals surface area contributed by atoms with E-state index < -0.39 is 6.10 Å². The molecule has 0 saturated heterocycles. The Bertz CT molecular complexity index is 288. The van der Waals surface area contributed by atoms with Gasteiger partial charge in [-0.05, 0) is 26.0 Å². The fraction of sp³-hybridized carbons (Fsp3) is 0.400. The number of aliphatic hydroxyl groups excluding tert-OH is 1. The lowest BCUT2D eigenvalue weighted by Gasteiger charge is -2.11. The van der Waals surface area contributed by atoms with Crippen molar-refractivity contribution in [2.24, 2.45) is 5.73 Å². The molecule has 13 heavy (non-hydrogen) atoms. The highest BCUT2D eigenvalue weighted by Crippen LogP contribution is 2.20. The van der Waals surface area contributed by atoms with Crippen LogP contribution in [0.3, 0.4) is 0 Å². The molecule has 72 valence electrons. The summed E-state index contributed by atoms with van der Waals surface area (Å²) in [6.45, 7) is 2.21. The number of halogens is 1. The first-order valence-corrected chi connectivity index (χ1v) is 4.29. The van der Waals surface area contributed by atoms with E-state index >= 15 is 0 Å². The largest absolute Gasteiger partial charge is 0.388 e. The quantitative estimate of drug-likeness (QED) is 0.746. The van der Waals surface area contributed by atoms with Crippen molar-refractivity contribution in [1.82, 2.24) is 0 Å². The smallest absolute Gasteiger partial charge is 0.129 e. The minimum absolute atomic E-state index is 0.338. The molecule has 0 aromatic heterocycles. The van der Waals surface area contributed by atoms with E-state index in [1.807, 2.05) is 6.92 Å². The van der Waals surface area contributed by atoms with Gasteiger partial charge in [0, 0.05) is 5.56 Å². The van der Waals surface area contributed by atoms with Gasteiger partial charge >= 0.3 is 0 Å². The number of rotatable bonds is 3. The van der Waals surface area contributed by atoms with Crippen LogP contribution in [0, 0.1) is 12.7 Å². The van der Waals surface area contributed by atoms with Crippen LogP contribution in [-0.2, 0) is 0 Å². The van der Waals surface area contributed by atoms with Crippen molar-refractivity contribution in [3.63, 3.8) is 0 Å². The average molecular weight is 183 g/mol. The van der Waals surface area contributed by atoms with Crippen LogP contribution in [0.2, 0.25) is 0 Å². The lowest BCUT2D eigenvalue weighted by molar-refractivity contribution is 0.165. The molecule has 0 spiro atoms. The van der Waals surface area contributed by atoms with Gasteiger partial charge in [0.25, 0.3) is 0 Å². The van der Waals surface area contributed by atoms with Gasteiger partial charge in [0.2, 0.25) is 0 Å². The van der Waals surface area contributed by atoms with E-state index in [1.165, 1.54) is 6.07 Å². The molecule has 0 saturated carbocycles. The molecule has 0 amide bonds. The summed E-state index contributed by atoms with van der Waals surface area (Å²) in [5.74, 6) is -0.369. The SMILES string of the molecule is Cc1ccc(F)c(C(O)CCN)c1. The second-order valence-corrected chi connectivity index (χ2v) is 3.12. The molecule has 0 aliphatic rings. The van der Waals surface area contributed by atoms with Crippen molar-refractivity contribution in [2.75, 3.05) is 6.54 Å². The molecule has 0 aliphatic carbocycles. The van der Waals surface area contributed by atoms with Gasteiger partial charge in [-0.25, -0.2) is 4.39 Å². The molecule has 1 aromatic carbocycles. The average Bonchev–Trinajstić information content (AvgIpc) is 2.09. The van der Waals surface area contributed by atoms with Gasteiger partial charge in [0.15, 0.2) is 0 Å². The predicted octanol–water partition coefficient (Wildman–Crippen LogP) is 1.52. The Kier molecular flexibility index (Phi) is 3.39. The van der Waals surface area contributed by atoms with E-state index in [-0.39, 0.29) is 5.82 Å². The zero-order valence-corrected chi connectivity index (χ0v) is 7.63. The van der Waals surface area contributed by atoms with Crippen molar-refractivity contribution >= 4 is 0 Å². The van der Waals surface area contributed by atoms with Gasteiger partial charge < -0.3 is 10.8 Å². The zero-order chi connectivity index (χ0) is 9.84. The van der Waals surface area contributed by atoms with Crippen molar-refractivity contribution in [3.8, 4) is 0 Å². The highest BCUT2D eigenvalue weighted by Gasteiger charge is 2.11. The van der Waals surface area contributed by atoms with Crippen LogP contribution in [0.25, 0.3) is 0 Å². The van der Waals surface area contributed by atoms with Crippen LogP contribution >= 0.6 is 0 Å². The molecule has 1 unspecified atom stereocenters. The fourth-order valence-electron chi connectivity index (χ4n) is 1.23. The molecule has 3 heteroatoms. The second-order valence-electron chi connectivity index (χ2n) is 3.12. The molecule has 0 bridgehead atoms. The first-order valence-electron chi connectivity index (χ1n) is 4.29. The van der Waals surface area contributed by atoms with Crippen LogP contribution in [-0.4, -0.2) is 11.7 Å². The van der Waals surface area contributed by atoms with Gasteiger partial charge in [-0.15, -0.1) is 0 Å². The third kappa shape index (κ3) is 2.50. The standard InChI is InChI=1S/C10H14FNO/c1-7-2-3-9(11)8(6-7)10(13)4-5-12/h2-3,6,10,13H,4-5,12H2,1H3. The molecule has 2 nitrogen and oxygen atoms in total. The normalized spacial score (nSPS) is 12.9. The highest BCUT2D eigenvalue weighted by atomic mass is 19.1. The minimum Gasteiger partial charge on any atom is -0.388 e. The van der Waals surface area contributed by atoms with Gasteiger partial charge in [-0.3, -0.25) is 0 Å². The lowest BCUT2D eigenvalue weighted by Crippen LogP contribution is -2.08. The number of aryl methyl sites for hydroxylation is 1. The third-order valence-corrected chi connectivity index (χ3v) is 1.95. The Morgan fingerprint density at radius 2 is 2.23 bits per heavy atom. The molecule has 1 aromatic rings. The number of hydrogen-bond donors (Lipinski definition) is 2. The van der Waals surface area contributed by atoms with Gasteiger partial charge in [-0.1, -0.05) is 17.7 Å². The second kappa shape index (κ2) is 4.35. The Balaban J connectivity index is 2.91. The van der Waals surface area contributed by atoms with E-state index in [0.717, 1.165) is 5.56 Å². The van der Waals surface area contributed by atoms with E-state index in [1.54, 1.807) is 12.1 Å². The maximum absolute atomic E-state index is 13.1. The van der Waals surface area contributed by atoms with E-state index in [2.05, 4.69) is 0 Å².